The molecule has 0 bridgehead atoms. The van der Waals surface area contributed by atoms with Crippen LogP contribution >= 0.6 is 0 Å². The molecule has 3 heteroatoms. The number of Topliss-reactive ketones (excluding diaryl/α,β-unsaturated/α-hetero) is 1. The minimum atomic E-state index is -0.00456. The molecule has 26 heavy (non-hydrogen) atoms. The molecule has 1 aliphatic rings. The zero-order valence-electron chi connectivity index (χ0n) is 16.2. The summed E-state index contributed by atoms with van der Waals surface area (Å²) in [6.45, 7) is 10.3. The summed E-state index contributed by atoms with van der Waals surface area (Å²) < 4.78 is 0. The topological polar surface area (TPSA) is 32.3 Å². The molecule has 0 aromatic heterocycles. The van der Waals surface area contributed by atoms with Crippen molar-refractivity contribution in [3.63, 3.8) is 0 Å². The average Bonchev–Trinajstić information content (AvgIpc) is 2.67. The number of nitrogens with zero attached hydrogens (tertiary/aromatic N) is 1. The second kappa shape index (κ2) is 8.50. The van der Waals surface area contributed by atoms with Crippen LogP contribution in [0.1, 0.15) is 38.7 Å². The fourth-order valence-corrected chi connectivity index (χ4v) is 3.73. The Morgan fingerprint density at radius 3 is 2.35 bits per heavy atom. The van der Waals surface area contributed by atoms with E-state index < -0.39 is 0 Å². The van der Waals surface area contributed by atoms with E-state index in [1.54, 1.807) is 6.92 Å². The summed E-state index contributed by atoms with van der Waals surface area (Å²) >= 11 is 0. The highest BCUT2D eigenvalue weighted by Crippen LogP contribution is 2.30. The van der Waals surface area contributed by atoms with Crippen molar-refractivity contribution in [2.45, 2.75) is 33.1 Å². The maximum absolute atomic E-state index is 12.1. The predicted octanol–water partition coefficient (Wildman–Crippen LogP) is 4.48. The lowest BCUT2D eigenvalue weighted by molar-refractivity contribution is -0.118. The third-order valence-corrected chi connectivity index (χ3v) is 5.17. The lowest BCUT2D eigenvalue weighted by Gasteiger charge is -2.29. The Balaban J connectivity index is 1.82. The van der Waals surface area contributed by atoms with E-state index in [1.165, 1.54) is 16.8 Å². The smallest absolute Gasteiger partial charge is 0.137 e. The molecule has 3 rings (SSSR count). The Bertz CT molecular complexity index is 730. The first-order valence-corrected chi connectivity index (χ1v) is 9.71. The van der Waals surface area contributed by atoms with Crippen molar-refractivity contribution in [2.75, 3.05) is 31.1 Å². The summed E-state index contributed by atoms with van der Waals surface area (Å²) in [5.41, 5.74) is 4.81. The van der Waals surface area contributed by atoms with Gasteiger partial charge in [-0.25, -0.2) is 0 Å². The van der Waals surface area contributed by atoms with Crippen LogP contribution in [0.2, 0.25) is 0 Å². The average molecular weight is 351 g/mol. The standard InChI is InChI=1S/C23H30N2O/c1-17(2)15-23(18(3)26)21-6-4-5-20(16-21)19-7-9-22(10-8-19)25-13-11-24-12-14-25/h4-10,16-17,23-24H,11-15H2,1-3H3/t23-/m0/s1. The molecule has 0 radical (unpaired) electrons. The van der Waals surface area contributed by atoms with E-state index in [2.05, 4.69) is 72.6 Å². The molecule has 1 aliphatic heterocycles. The van der Waals surface area contributed by atoms with Gasteiger partial charge in [0, 0.05) is 37.8 Å². The molecule has 1 atom stereocenters. The van der Waals surface area contributed by atoms with Crippen LogP contribution in [0.4, 0.5) is 5.69 Å². The molecular formula is C23H30N2O. The zero-order chi connectivity index (χ0) is 18.5. The monoisotopic (exact) mass is 350 g/mol. The maximum Gasteiger partial charge on any atom is 0.137 e. The van der Waals surface area contributed by atoms with Crippen molar-refractivity contribution in [1.29, 1.82) is 0 Å². The molecule has 0 saturated carbocycles. The largest absolute Gasteiger partial charge is 0.369 e. The molecule has 1 heterocycles. The van der Waals surface area contributed by atoms with E-state index in [9.17, 15) is 4.79 Å². The Kier molecular flexibility index (Phi) is 6.10. The normalized spacial score (nSPS) is 15.9. The molecule has 0 aliphatic carbocycles. The number of benzene rings is 2. The van der Waals surface area contributed by atoms with Gasteiger partial charge in [0.15, 0.2) is 0 Å². The van der Waals surface area contributed by atoms with Crippen molar-refractivity contribution in [3.8, 4) is 11.1 Å². The van der Waals surface area contributed by atoms with Gasteiger partial charge in [0.25, 0.3) is 0 Å². The number of carbonyl (C=O) groups excluding carboxylic acids is 1. The fourth-order valence-electron chi connectivity index (χ4n) is 3.73. The van der Waals surface area contributed by atoms with Crippen molar-refractivity contribution >= 4 is 11.5 Å². The lowest BCUT2D eigenvalue weighted by atomic mass is 9.86. The number of carbonyl (C=O) groups is 1. The molecule has 2 aromatic carbocycles. The molecule has 0 amide bonds. The van der Waals surface area contributed by atoms with Crippen molar-refractivity contribution in [3.05, 3.63) is 54.1 Å². The van der Waals surface area contributed by atoms with Crippen molar-refractivity contribution in [1.82, 2.24) is 5.32 Å². The van der Waals surface area contributed by atoms with E-state index in [0.29, 0.717) is 5.92 Å². The van der Waals surface area contributed by atoms with Gasteiger partial charge in [0.2, 0.25) is 0 Å². The van der Waals surface area contributed by atoms with E-state index >= 15 is 0 Å². The molecule has 138 valence electrons. The summed E-state index contributed by atoms with van der Waals surface area (Å²) in [6.07, 6.45) is 0.903. The van der Waals surface area contributed by atoms with Crippen LogP contribution in [-0.4, -0.2) is 32.0 Å². The molecular weight excluding hydrogens is 320 g/mol. The molecule has 1 saturated heterocycles. The van der Waals surface area contributed by atoms with Gasteiger partial charge in [-0.05, 0) is 48.1 Å². The SMILES string of the molecule is CC(=O)[C@H](CC(C)C)c1cccc(-c2ccc(N3CCNCC3)cc2)c1. The van der Waals surface area contributed by atoms with Crippen molar-refractivity contribution < 1.29 is 4.79 Å². The number of hydrogen-bond donors (Lipinski definition) is 1. The minimum absolute atomic E-state index is 0.00456. The zero-order valence-corrected chi connectivity index (χ0v) is 16.2. The van der Waals surface area contributed by atoms with E-state index in [4.69, 9.17) is 0 Å². The Labute approximate surface area is 157 Å². The molecule has 3 nitrogen and oxygen atoms in total. The Hall–Kier alpha value is -2.13. The van der Waals surface area contributed by atoms with Gasteiger partial charge >= 0.3 is 0 Å². The van der Waals surface area contributed by atoms with E-state index in [-0.39, 0.29) is 11.7 Å². The molecule has 0 unspecified atom stereocenters. The first kappa shape index (κ1) is 18.7. The molecule has 0 spiro atoms. The third-order valence-electron chi connectivity index (χ3n) is 5.17. The fraction of sp³-hybridized carbons (Fsp3) is 0.435. The Morgan fingerprint density at radius 1 is 1.04 bits per heavy atom. The van der Waals surface area contributed by atoms with Gasteiger partial charge in [-0.1, -0.05) is 50.2 Å². The number of ketones is 1. The summed E-state index contributed by atoms with van der Waals surface area (Å²) in [5.74, 6) is 0.755. The second-order valence-electron chi connectivity index (χ2n) is 7.70. The predicted molar refractivity (Wildman–Crippen MR) is 110 cm³/mol. The first-order chi connectivity index (χ1) is 12.5. The van der Waals surface area contributed by atoms with E-state index in [1.807, 2.05) is 0 Å². The van der Waals surface area contributed by atoms with Gasteiger partial charge in [-0.2, -0.15) is 0 Å². The summed E-state index contributed by atoms with van der Waals surface area (Å²) in [4.78, 5) is 14.6. The van der Waals surface area contributed by atoms with Crippen molar-refractivity contribution in [2.24, 2.45) is 5.92 Å². The number of nitrogens with one attached hydrogen (secondary N) is 1. The van der Waals surface area contributed by atoms with Crippen LogP contribution in [-0.2, 0) is 4.79 Å². The highest BCUT2D eigenvalue weighted by molar-refractivity contribution is 5.84. The van der Waals surface area contributed by atoms with Crippen LogP contribution in [0.15, 0.2) is 48.5 Å². The number of anilines is 1. The quantitative estimate of drug-likeness (QED) is 0.833. The second-order valence-corrected chi connectivity index (χ2v) is 7.70. The highest BCUT2D eigenvalue weighted by atomic mass is 16.1. The molecule has 1 N–H and O–H groups in total. The molecule has 1 fully saturated rings. The summed E-state index contributed by atoms with van der Waals surface area (Å²) in [5, 5.41) is 3.39. The number of rotatable bonds is 6. The summed E-state index contributed by atoms with van der Waals surface area (Å²) in [6, 6.07) is 17.3. The van der Waals surface area contributed by atoms with Crippen LogP contribution in [0.5, 0.6) is 0 Å². The Morgan fingerprint density at radius 2 is 1.73 bits per heavy atom. The maximum atomic E-state index is 12.1. The highest BCUT2D eigenvalue weighted by Gasteiger charge is 2.18. The van der Waals surface area contributed by atoms with Gasteiger partial charge in [-0.3, -0.25) is 4.79 Å². The van der Waals surface area contributed by atoms with Crippen LogP contribution in [0, 0.1) is 5.92 Å². The summed E-state index contributed by atoms with van der Waals surface area (Å²) in [7, 11) is 0. The van der Waals surface area contributed by atoms with Gasteiger partial charge in [0.1, 0.15) is 5.78 Å². The van der Waals surface area contributed by atoms with Crippen LogP contribution in [0.25, 0.3) is 11.1 Å². The van der Waals surface area contributed by atoms with Gasteiger partial charge in [-0.15, -0.1) is 0 Å². The number of hydrogen-bond acceptors (Lipinski definition) is 3. The lowest BCUT2D eigenvalue weighted by Crippen LogP contribution is -2.43. The van der Waals surface area contributed by atoms with Gasteiger partial charge < -0.3 is 10.2 Å². The minimum Gasteiger partial charge on any atom is -0.369 e. The molecule has 2 aromatic rings. The number of piperazine rings is 1. The first-order valence-electron chi connectivity index (χ1n) is 9.71. The van der Waals surface area contributed by atoms with Crippen LogP contribution < -0.4 is 10.2 Å². The third kappa shape index (κ3) is 4.53. The van der Waals surface area contributed by atoms with E-state index in [0.717, 1.165) is 38.2 Å². The van der Waals surface area contributed by atoms with Crippen LogP contribution in [0.3, 0.4) is 0 Å². The van der Waals surface area contributed by atoms with Gasteiger partial charge in [0.05, 0.1) is 0 Å².